The van der Waals surface area contributed by atoms with Crippen LogP contribution in [0.1, 0.15) is 17.9 Å². The lowest BCUT2D eigenvalue weighted by Crippen LogP contribution is -2.14. The fourth-order valence-electron chi connectivity index (χ4n) is 2.40. The van der Waals surface area contributed by atoms with Crippen LogP contribution < -0.4 is 10.5 Å². The van der Waals surface area contributed by atoms with E-state index in [1.165, 1.54) is 0 Å². The van der Waals surface area contributed by atoms with Crippen molar-refractivity contribution in [3.05, 3.63) is 48.2 Å². The zero-order valence-corrected chi connectivity index (χ0v) is 11.7. The zero-order chi connectivity index (χ0) is 14.8. The number of nitrogens with two attached hydrogens (primary N) is 1. The number of pyridine rings is 1. The van der Waals surface area contributed by atoms with Crippen molar-refractivity contribution in [2.45, 2.75) is 18.4 Å². The molecule has 1 fully saturated rings. The summed E-state index contributed by atoms with van der Waals surface area (Å²) in [6.45, 7) is 0. The molecule has 1 aromatic carbocycles. The van der Waals surface area contributed by atoms with Crippen LogP contribution >= 0.6 is 0 Å². The van der Waals surface area contributed by atoms with Gasteiger partial charge in [-0.05, 0) is 23.6 Å². The van der Waals surface area contributed by atoms with E-state index in [1.54, 1.807) is 13.3 Å². The Bertz CT molecular complexity index is 638. The summed E-state index contributed by atoms with van der Waals surface area (Å²) in [5.74, 6) is 0.861. The maximum atomic E-state index is 10.7. The van der Waals surface area contributed by atoms with Crippen LogP contribution in [-0.4, -0.2) is 24.3 Å². The molecule has 5 nitrogen and oxygen atoms in total. The summed E-state index contributed by atoms with van der Waals surface area (Å²) in [6.07, 6.45) is 1.84. The van der Waals surface area contributed by atoms with Crippen molar-refractivity contribution >= 4 is 6.09 Å². The fourth-order valence-corrected chi connectivity index (χ4v) is 2.40. The minimum Gasteiger partial charge on any atom is -0.481 e. The first-order chi connectivity index (χ1) is 10.2. The summed E-state index contributed by atoms with van der Waals surface area (Å²) in [4.78, 5) is 14.9. The van der Waals surface area contributed by atoms with Crippen molar-refractivity contribution in [2.75, 3.05) is 7.11 Å². The van der Waals surface area contributed by atoms with Gasteiger partial charge < -0.3 is 15.2 Å². The van der Waals surface area contributed by atoms with E-state index in [2.05, 4.69) is 17.1 Å². The molecule has 2 atom stereocenters. The summed E-state index contributed by atoms with van der Waals surface area (Å²) in [5, 5.41) is 0. The molecule has 1 aromatic heterocycles. The number of methoxy groups -OCH3 is 1. The Morgan fingerprint density at radius 3 is 2.48 bits per heavy atom. The van der Waals surface area contributed by atoms with Crippen LogP contribution in [0.4, 0.5) is 4.79 Å². The number of carbonyl (C=O) groups excluding carboxylic acids is 1. The van der Waals surface area contributed by atoms with E-state index in [-0.39, 0.29) is 12.0 Å². The largest absolute Gasteiger partial charge is 0.481 e. The minimum absolute atomic E-state index is 0.0731. The van der Waals surface area contributed by atoms with Crippen LogP contribution in [0.3, 0.4) is 0 Å². The second-order valence-electron chi connectivity index (χ2n) is 5.03. The molecular formula is C16H16N2O3. The second-order valence-corrected chi connectivity index (χ2v) is 5.03. The molecule has 0 aliphatic heterocycles. The van der Waals surface area contributed by atoms with Gasteiger partial charge in [0.15, 0.2) is 0 Å². The topological polar surface area (TPSA) is 74.4 Å². The van der Waals surface area contributed by atoms with Gasteiger partial charge in [-0.3, -0.25) is 0 Å². The van der Waals surface area contributed by atoms with Gasteiger partial charge in [0.25, 0.3) is 0 Å². The van der Waals surface area contributed by atoms with Gasteiger partial charge in [-0.15, -0.1) is 0 Å². The van der Waals surface area contributed by atoms with Gasteiger partial charge in [-0.1, -0.05) is 24.3 Å². The van der Waals surface area contributed by atoms with Gasteiger partial charge in [0, 0.05) is 23.7 Å². The third-order valence-electron chi connectivity index (χ3n) is 3.62. The third kappa shape index (κ3) is 2.97. The first-order valence-corrected chi connectivity index (χ1v) is 6.74. The Morgan fingerprint density at radius 1 is 1.19 bits per heavy atom. The number of nitrogens with zero attached hydrogens (tertiary/aromatic N) is 1. The highest BCUT2D eigenvalue weighted by Gasteiger charge is 2.41. The summed E-state index contributed by atoms with van der Waals surface area (Å²) in [7, 11) is 1.59. The Kier molecular flexibility index (Phi) is 3.48. The lowest BCUT2D eigenvalue weighted by molar-refractivity contribution is 0.147. The lowest BCUT2D eigenvalue weighted by Gasteiger charge is -2.05. The summed E-state index contributed by atoms with van der Waals surface area (Å²) in [6, 6.07) is 12.0. The number of primary amides is 1. The van der Waals surface area contributed by atoms with Crippen LogP contribution in [0.2, 0.25) is 0 Å². The molecule has 1 aliphatic rings. The summed E-state index contributed by atoms with van der Waals surface area (Å²) in [5.41, 5.74) is 8.29. The highest BCUT2D eigenvalue weighted by Crippen LogP contribution is 2.43. The molecule has 1 heterocycles. The van der Waals surface area contributed by atoms with E-state index in [0.29, 0.717) is 5.88 Å². The molecule has 2 unspecified atom stereocenters. The van der Waals surface area contributed by atoms with Gasteiger partial charge in [0.2, 0.25) is 5.88 Å². The Labute approximate surface area is 122 Å². The SMILES string of the molecule is COc1ccc(-c2ccc(C3CC3OC(N)=O)cc2)cn1. The van der Waals surface area contributed by atoms with Crippen molar-refractivity contribution in [1.29, 1.82) is 0 Å². The molecule has 2 aromatic rings. The van der Waals surface area contributed by atoms with Crippen molar-refractivity contribution in [3.63, 3.8) is 0 Å². The average molecular weight is 284 g/mol. The van der Waals surface area contributed by atoms with Crippen molar-refractivity contribution < 1.29 is 14.3 Å². The number of hydrogen-bond donors (Lipinski definition) is 1. The first kappa shape index (κ1) is 13.4. The summed E-state index contributed by atoms with van der Waals surface area (Å²) >= 11 is 0. The predicted molar refractivity (Wildman–Crippen MR) is 78.0 cm³/mol. The lowest BCUT2D eigenvalue weighted by atomic mass is 10.0. The highest BCUT2D eigenvalue weighted by molar-refractivity contribution is 5.66. The quantitative estimate of drug-likeness (QED) is 0.936. The molecule has 1 saturated carbocycles. The zero-order valence-electron chi connectivity index (χ0n) is 11.7. The normalized spacial score (nSPS) is 19.9. The van der Waals surface area contributed by atoms with Crippen LogP contribution in [0, 0.1) is 0 Å². The maximum absolute atomic E-state index is 10.7. The van der Waals surface area contributed by atoms with E-state index >= 15 is 0 Å². The van der Waals surface area contributed by atoms with E-state index < -0.39 is 6.09 Å². The fraction of sp³-hybridized carbons (Fsp3) is 0.250. The van der Waals surface area contributed by atoms with Gasteiger partial charge in [-0.2, -0.15) is 0 Å². The number of rotatable bonds is 4. The molecule has 21 heavy (non-hydrogen) atoms. The molecule has 108 valence electrons. The highest BCUT2D eigenvalue weighted by atomic mass is 16.6. The van der Waals surface area contributed by atoms with Gasteiger partial charge in [-0.25, -0.2) is 9.78 Å². The second kappa shape index (κ2) is 5.44. The van der Waals surface area contributed by atoms with E-state index in [4.69, 9.17) is 15.2 Å². The molecule has 0 spiro atoms. The average Bonchev–Trinajstić information content (AvgIpc) is 3.26. The number of aromatic nitrogens is 1. The van der Waals surface area contributed by atoms with Crippen LogP contribution in [0.15, 0.2) is 42.6 Å². The molecular weight excluding hydrogens is 268 g/mol. The number of hydrogen-bond acceptors (Lipinski definition) is 4. The first-order valence-electron chi connectivity index (χ1n) is 6.74. The molecule has 5 heteroatoms. The van der Waals surface area contributed by atoms with Gasteiger partial charge >= 0.3 is 6.09 Å². The van der Waals surface area contributed by atoms with Crippen LogP contribution in [0.25, 0.3) is 11.1 Å². The Morgan fingerprint density at radius 2 is 1.90 bits per heavy atom. The van der Waals surface area contributed by atoms with Crippen molar-refractivity contribution in [3.8, 4) is 17.0 Å². The molecule has 0 saturated heterocycles. The van der Waals surface area contributed by atoms with E-state index in [9.17, 15) is 4.79 Å². The maximum Gasteiger partial charge on any atom is 0.404 e. The van der Waals surface area contributed by atoms with Crippen LogP contribution in [-0.2, 0) is 4.74 Å². The van der Waals surface area contributed by atoms with E-state index in [0.717, 1.165) is 23.1 Å². The molecule has 0 radical (unpaired) electrons. The predicted octanol–water partition coefficient (Wildman–Crippen LogP) is 2.71. The third-order valence-corrected chi connectivity index (χ3v) is 3.62. The smallest absolute Gasteiger partial charge is 0.404 e. The number of ether oxygens (including phenoxy) is 2. The molecule has 0 bridgehead atoms. The van der Waals surface area contributed by atoms with Gasteiger partial charge in [0.1, 0.15) is 6.10 Å². The molecule has 1 aliphatic carbocycles. The van der Waals surface area contributed by atoms with Crippen molar-refractivity contribution in [1.82, 2.24) is 4.98 Å². The van der Waals surface area contributed by atoms with Gasteiger partial charge in [0.05, 0.1) is 7.11 Å². The number of carbonyl (C=O) groups is 1. The number of amides is 1. The van der Waals surface area contributed by atoms with Crippen molar-refractivity contribution in [2.24, 2.45) is 5.73 Å². The minimum atomic E-state index is -0.705. The summed E-state index contributed by atoms with van der Waals surface area (Å²) < 4.78 is 10.0. The molecule has 1 amide bonds. The number of benzene rings is 1. The Hall–Kier alpha value is -2.56. The monoisotopic (exact) mass is 284 g/mol. The molecule has 3 rings (SSSR count). The Balaban J connectivity index is 1.71. The van der Waals surface area contributed by atoms with E-state index in [1.807, 2.05) is 24.3 Å². The van der Waals surface area contributed by atoms with Crippen LogP contribution in [0.5, 0.6) is 5.88 Å². The molecule has 2 N–H and O–H groups in total. The standard InChI is InChI=1S/C16H16N2O3/c1-20-15-7-6-12(9-18-15)10-2-4-11(5-3-10)13-8-14(13)21-16(17)19/h2-7,9,13-14H,8H2,1H3,(H2,17,19).